The molecule has 1 amide bonds. The van der Waals surface area contributed by atoms with E-state index in [9.17, 15) is 9.59 Å². The van der Waals surface area contributed by atoms with Crippen LogP contribution in [0.15, 0.2) is 17.0 Å². The van der Waals surface area contributed by atoms with E-state index in [4.69, 9.17) is 39.4 Å². The summed E-state index contributed by atoms with van der Waals surface area (Å²) in [7, 11) is 1.30. The van der Waals surface area contributed by atoms with Gasteiger partial charge < -0.3 is 44.3 Å². The van der Waals surface area contributed by atoms with Crippen LogP contribution in [0.1, 0.15) is 26.7 Å². The van der Waals surface area contributed by atoms with Gasteiger partial charge in [-0.15, -0.1) is 0 Å². The van der Waals surface area contributed by atoms with Crippen molar-refractivity contribution in [2.75, 3.05) is 40.0 Å². The van der Waals surface area contributed by atoms with Crippen molar-refractivity contribution in [1.82, 2.24) is 4.90 Å². The highest BCUT2D eigenvalue weighted by atomic mass is 16.9. The van der Waals surface area contributed by atoms with Crippen LogP contribution in [-0.4, -0.2) is 86.1 Å². The predicted molar refractivity (Wildman–Crippen MR) is 102 cm³/mol. The summed E-state index contributed by atoms with van der Waals surface area (Å²) in [4.78, 5) is 30.6. The van der Waals surface area contributed by atoms with Crippen LogP contribution in [0.2, 0.25) is 0 Å². The number of carbonyl (C=O) groups is 2. The summed E-state index contributed by atoms with van der Waals surface area (Å²) in [5.41, 5.74) is 5.06. The first kappa shape index (κ1) is 23.9. The number of amides is 1. The van der Waals surface area contributed by atoms with Crippen LogP contribution in [0, 0.1) is 0 Å². The number of oxime groups is 1. The van der Waals surface area contributed by atoms with E-state index in [-0.39, 0.29) is 31.4 Å². The highest BCUT2D eigenvalue weighted by Crippen LogP contribution is 2.28. The minimum Gasteiger partial charge on any atom is -0.460 e. The second kappa shape index (κ2) is 11.1. The average molecular weight is 431 g/mol. The third-order valence-corrected chi connectivity index (χ3v) is 4.60. The van der Waals surface area contributed by atoms with Crippen LogP contribution in [-0.2, 0) is 33.3 Å². The highest BCUT2D eigenvalue weighted by Gasteiger charge is 2.41. The van der Waals surface area contributed by atoms with Gasteiger partial charge in [0.25, 0.3) is 0 Å². The van der Waals surface area contributed by atoms with E-state index in [0.717, 1.165) is 0 Å². The summed E-state index contributed by atoms with van der Waals surface area (Å²) in [6, 6.07) is 0. The van der Waals surface area contributed by atoms with Crippen LogP contribution >= 0.6 is 0 Å². The zero-order chi connectivity index (χ0) is 22.1. The predicted octanol–water partition coefficient (Wildman–Crippen LogP) is 0.0510. The Kier molecular flexibility index (Phi) is 8.84. The average Bonchev–Trinajstić information content (AvgIpc) is 2.73. The van der Waals surface area contributed by atoms with Crippen LogP contribution in [0.3, 0.4) is 0 Å². The molecule has 2 saturated heterocycles. The van der Waals surface area contributed by atoms with E-state index in [1.54, 1.807) is 13.8 Å². The molecule has 0 aliphatic carbocycles. The van der Waals surface area contributed by atoms with Gasteiger partial charge in [-0.2, -0.15) is 0 Å². The van der Waals surface area contributed by atoms with Gasteiger partial charge in [0.05, 0.1) is 26.9 Å². The normalized spacial score (nSPS) is 24.1. The Morgan fingerprint density at radius 1 is 1.33 bits per heavy atom. The first-order valence-electron chi connectivity index (χ1n) is 9.63. The number of amidine groups is 1. The number of nitrogens with two attached hydrogens (primary N) is 1. The Labute approximate surface area is 174 Å². The molecule has 0 radical (unpaired) electrons. The van der Waals surface area contributed by atoms with Crippen LogP contribution in [0.4, 0.5) is 4.79 Å². The Morgan fingerprint density at radius 2 is 2.00 bits per heavy atom. The summed E-state index contributed by atoms with van der Waals surface area (Å²) in [5, 5.41) is 13.0. The number of rotatable bonds is 9. The fourth-order valence-corrected chi connectivity index (χ4v) is 3.00. The number of piperidine rings is 1. The summed E-state index contributed by atoms with van der Waals surface area (Å²) >= 11 is 0. The Hall–Kier alpha value is -2.41. The molecule has 0 bridgehead atoms. The van der Waals surface area contributed by atoms with Gasteiger partial charge in [-0.05, 0) is 13.8 Å². The van der Waals surface area contributed by atoms with E-state index in [2.05, 4.69) is 5.16 Å². The van der Waals surface area contributed by atoms with Gasteiger partial charge in [-0.25, -0.2) is 9.59 Å². The molecular weight excluding hydrogens is 402 g/mol. The molecule has 0 aromatic heterocycles. The SMILES string of the molecule is CCOC(=O)C(=CC1OC(C)O1)ON=C(N)C1(OCCO)CCN(C(=O)OC)CC1. The first-order valence-corrected chi connectivity index (χ1v) is 9.63. The molecule has 2 fully saturated rings. The van der Waals surface area contributed by atoms with Crippen molar-refractivity contribution < 1.29 is 43.2 Å². The zero-order valence-corrected chi connectivity index (χ0v) is 17.4. The number of aliphatic hydroxyl groups is 1. The minimum absolute atomic E-state index is 0.0106. The largest absolute Gasteiger partial charge is 0.460 e. The second-order valence-electron chi connectivity index (χ2n) is 6.55. The summed E-state index contributed by atoms with van der Waals surface area (Å²) < 4.78 is 26.0. The Bertz CT molecular complexity index is 653. The number of aliphatic hydroxyl groups excluding tert-OH is 1. The molecule has 12 heteroatoms. The second-order valence-corrected chi connectivity index (χ2v) is 6.55. The van der Waals surface area contributed by atoms with E-state index in [1.165, 1.54) is 18.1 Å². The molecule has 3 N–H and O–H groups in total. The van der Waals surface area contributed by atoms with E-state index in [0.29, 0.717) is 25.9 Å². The molecule has 2 heterocycles. The topological polar surface area (TPSA) is 151 Å². The summed E-state index contributed by atoms with van der Waals surface area (Å²) in [6.07, 6.45) is 0.268. The highest BCUT2D eigenvalue weighted by molar-refractivity contribution is 5.90. The fourth-order valence-electron chi connectivity index (χ4n) is 3.00. The lowest BCUT2D eigenvalue weighted by atomic mass is 9.90. The third kappa shape index (κ3) is 6.05. The third-order valence-electron chi connectivity index (χ3n) is 4.60. The molecule has 170 valence electrons. The molecule has 0 saturated carbocycles. The maximum Gasteiger partial charge on any atom is 0.409 e. The molecule has 30 heavy (non-hydrogen) atoms. The van der Waals surface area contributed by atoms with Crippen LogP contribution in [0.5, 0.6) is 0 Å². The molecule has 0 spiro atoms. The maximum atomic E-state index is 12.1. The zero-order valence-electron chi connectivity index (χ0n) is 17.4. The van der Waals surface area contributed by atoms with Crippen molar-refractivity contribution >= 4 is 17.9 Å². The van der Waals surface area contributed by atoms with Crippen molar-refractivity contribution in [3.8, 4) is 0 Å². The molecule has 0 atom stereocenters. The van der Waals surface area contributed by atoms with Crippen molar-refractivity contribution in [2.45, 2.75) is 44.9 Å². The van der Waals surface area contributed by atoms with Gasteiger partial charge in [0.2, 0.25) is 5.76 Å². The molecular formula is C18H29N3O9. The first-order chi connectivity index (χ1) is 14.3. The smallest absolute Gasteiger partial charge is 0.409 e. The van der Waals surface area contributed by atoms with Gasteiger partial charge in [0.15, 0.2) is 18.4 Å². The minimum atomic E-state index is -1.08. The van der Waals surface area contributed by atoms with E-state index < -0.39 is 30.2 Å². The van der Waals surface area contributed by atoms with Crippen molar-refractivity contribution in [3.05, 3.63) is 11.8 Å². The van der Waals surface area contributed by atoms with Gasteiger partial charge >= 0.3 is 12.1 Å². The number of hydrogen-bond donors (Lipinski definition) is 2. The van der Waals surface area contributed by atoms with Crippen LogP contribution < -0.4 is 5.73 Å². The number of hydrogen-bond acceptors (Lipinski definition) is 10. The van der Waals surface area contributed by atoms with Gasteiger partial charge in [-0.3, -0.25) is 0 Å². The van der Waals surface area contributed by atoms with Crippen molar-refractivity contribution in [3.63, 3.8) is 0 Å². The number of ether oxygens (including phenoxy) is 5. The van der Waals surface area contributed by atoms with Gasteiger partial charge in [0.1, 0.15) is 5.60 Å². The lowest BCUT2D eigenvalue weighted by Crippen LogP contribution is -2.55. The fraction of sp³-hybridized carbons (Fsp3) is 0.722. The Morgan fingerprint density at radius 3 is 2.53 bits per heavy atom. The van der Waals surface area contributed by atoms with Gasteiger partial charge in [-0.1, -0.05) is 5.16 Å². The van der Waals surface area contributed by atoms with Gasteiger partial charge in [0, 0.05) is 32.0 Å². The van der Waals surface area contributed by atoms with E-state index in [1.807, 2.05) is 0 Å². The number of nitrogens with zero attached hydrogens (tertiary/aromatic N) is 2. The molecule has 12 nitrogen and oxygen atoms in total. The monoisotopic (exact) mass is 431 g/mol. The molecule has 2 rings (SSSR count). The molecule has 0 unspecified atom stereocenters. The number of methoxy groups -OCH3 is 1. The standard InChI is InChI=1S/C18H29N3O9/c1-4-26-15(23)13(11-14-28-12(2)29-14)30-20-16(19)18(27-10-9-22)5-7-21(8-6-18)17(24)25-3/h11-12,14,22H,4-10H2,1-3H3,(H2,19,20). The number of esters is 1. The van der Waals surface area contributed by atoms with Crippen molar-refractivity contribution in [2.24, 2.45) is 10.9 Å². The number of likely N-dealkylation sites (tertiary alicyclic amines) is 1. The number of carbonyl (C=O) groups excluding carboxylic acids is 2. The summed E-state index contributed by atoms with van der Waals surface area (Å²) in [6.45, 7) is 3.88. The maximum absolute atomic E-state index is 12.1. The molecule has 2 aliphatic rings. The van der Waals surface area contributed by atoms with Crippen molar-refractivity contribution in [1.29, 1.82) is 0 Å². The summed E-state index contributed by atoms with van der Waals surface area (Å²) in [5.74, 6) is -1.05. The van der Waals surface area contributed by atoms with Crippen LogP contribution in [0.25, 0.3) is 0 Å². The lowest BCUT2D eigenvalue weighted by Gasteiger charge is -2.40. The Balaban J connectivity index is 2.13. The quantitative estimate of drug-likeness (QED) is 0.128. The lowest BCUT2D eigenvalue weighted by molar-refractivity contribution is -0.355. The molecule has 0 aromatic carbocycles. The molecule has 0 aromatic rings. The van der Waals surface area contributed by atoms with E-state index >= 15 is 0 Å². The molecule has 2 aliphatic heterocycles.